The highest BCUT2D eigenvalue weighted by Gasteiger charge is 2.36. The molecule has 4 aromatic heterocycles. The van der Waals surface area contributed by atoms with Gasteiger partial charge in [0.25, 0.3) is 0 Å². The molecule has 0 saturated carbocycles. The van der Waals surface area contributed by atoms with E-state index in [0.29, 0.717) is 5.52 Å². The fraction of sp³-hybridized carbons (Fsp3) is 0.0952. The van der Waals surface area contributed by atoms with E-state index >= 15 is 0 Å². The van der Waals surface area contributed by atoms with E-state index in [-0.39, 0.29) is 32.8 Å². The summed E-state index contributed by atoms with van der Waals surface area (Å²) in [6.07, 6.45) is -1.98. The number of ether oxygens (including phenoxy) is 1. The van der Waals surface area contributed by atoms with Gasteiger partial charge in [-0.3, -0.25) is 4.40 Å². The molecule has 5 rings (SSSR count). The number of methoxy groups -OCH3 is 1. The molecule has 172 valence electrons. The van der Waals surface area contributed by atoms with Crippen LogP contribution >= 0.6 is 22.9 Å². The zero-order valence-corrected chi connectivity index (χ0v) is 18.7. The molecule has 0 aliphatic carbocycles. The lowest BCUT2D eigenvalue weighted by atomic mass is 10.2. The summed E-state index contributed by atoms with van der Waals surface area (Å²) in [4.78, 5) is 20.5. The highest BCUT2D eigenvalue weighted by Crippen LogP contribution is 2.38. The molecule has 0 aliphatic heterocycles. The van der Waals surface area contributed by atoms with Gasteiger partial charge in [0, 0.05) is 6.20 Å². The molecule has 34 heavy (non-hydrogen) atoms. The molecule has 0 amide bonds. The third-order valence-electron chi connectivity index (χ3n) is 4.90. The molecule has 0 unspecified atom stereocenters. The Hall–Kier alpha value is -3.77. The first kappa shape index (κ1) is 22.0. The highest BCUT2D eigenvalue weighted by atomic mass is 35.5. The van der Waals surface area contributed by atoms with Gasteiger partial charge in [-0.15, -0.1) is 10.2 Å². The van der Waals surface area contributed by atoms with Crippen molar-refractivity contribution < 1.29 is 22.7 Å². The summed E-state index contributed by atoms with van der Waals surface area (Å²) in [7, 11) is 1.18. The number of anilines is 2. The summed E-state index contributed by atoms with van der Waals surface area (Å²) in [6.45, 7) is 0. The van der Waals surface area contributed by atoms with Crippen molar-refractivity contribution in [2.75, 3.05) is 12.4 Å². The smallest absolute Gasteiger partial charge is 0.420 e. The van der Waals surface area contributed by atoms with Crippen molar-refractivity contribution in [3.63, 3.8) is 0 Å². The second-order valence-corrected chi connectivity index (χ2v) is 8.41. The van der Waals surface area contributed by atoms with E-state index in [2.05, 4.69) is 25.5 Å². The lowest BCUT2D eigenvalue weighted by Gasteiger charge is -2.13. The van der Waals surface area contributed by atoms with E-state index in [0.717, 1.165) is 10.8 Å². The molecule has 4 heterocycles. The number of carbonyl (C=O) groups excluding carboxylic acids is 1. The lowest BCUT2D eigenvalue weighted by molar-refractivity contribution is -0.137. The van der Waals surface area contributed by atoms with Gasteiger partial charge < -0.3 is 10.1 Å². The molecular formula is C21H12ClF3N6O2S. The van der Waals surface area contributed by atoms with Crippen LogP contribution in [0.5, 0.6) is 0 Å². The van der Waals surface area contributed by atoms with E-state index in [9.17, 15) is 18.0 Å². The van der Waals surface area contributed by atoms with E-state index in [4.69, 9.17) is 16.3 Å². The minimum Gasteiger partial charge on any atom is -0.465 e. The van der Waals surface area contributed by atoms with Crippen LogP contribution in [0.1, 0.15) is 15.9 Å². The first-order valence-corrected chi connectivity index (χ1v) is 10.8. The van der Waals surface area contributed by atoms with E-state index in [1.165, 1.54) is 41.3 Å². The number of imidazole rings is 1. The quantitative estimate of drug-likeness (QED) is 0.318. The molecule has 0 atom stereocenters. The van der Waals surface area contributed by atoms with E-state index in [1.807, 2.05) is 12.1 Å². The number of pyridine rings is 1. The standard InChI is InChI=1S/C21H12ClF3N6O2S/c1-33-19(32)16-11(22)6-7-31-14(9-26-18(16)31)13-8-10(21(23,24)25)17(30-29-13)28-20-27-12-4-2-3-5-15(12)34-20/h2-9H,1H3,(H,27,28,30). The van der Waals surface area contributed by atoms with Crippen molar-refractivity contribution in [2.45, 2.75) is 6.18 Å². The maximum absolute atomic E-state index is 13.9. The normalized spacial score (nSPS) is 11.8. The number of hydrogen-bond donors (Lipinski definition) is 1. The number of alkyl halides is 3. The number of nitrogens with zero attached hydrogens (tertiary/aromatic N) is 5. The molecule has 0 aliphatic rings. The molecule has 0 radical (unpaired) electrons. The van der Waals surface area contributed by atoms with Gasteiger partial charge in [0.15, 0.2) is 16.6 Å². The van der Waals surface area contributed by atoms with Crippen molar-refractivity contribution in [3.8, 4) is 11.4 Å². The fourth-order valence-electron chi connectivity index (χ4n) is 3.36. The van der Waals surface area contributed by atoms with Crippen molar-refractivity contribution in [1.82, 2.24) is 24.6 Å². The SMILES string of the molecule is COC(=O)c1c(Cl)ccn2c(-c3cc(C(F)(F)F)c(Nc4nc5ccccc5s4)nn3)cnc12. The zero-order valence-electron chi connectivity index (χ0n) is 17.1. The predicted octanol–water partition coefficient (Wildman–Crippen LogP) is 5.60. The maximum atomic E-state index is 13.9. The van der Waals surface area contributed by atoms with Crippen molar-refractivity contribution >= 4 is 55.7 Å². The zero-order chi connectivity index (χ0) is 24.0. The van der Waals surface area contributed by atoms with Gasteiger partial charge in [-0.1, -0.05) is 35.1 Å². The van der Waals surface area contributed by atoms with Crippen LogP contribution in [0.3, 0.4) is 0 Å². The number of nitrogens with one attached hydrogen (secondary N) is 1. The summed E-state index contributed by atoms with van der Waals surface area (Å²) >= 11 is 7.30. The van der Waals surface area contributed by atoms with E-state index in [1.54, 1.807) is 12.1 Å². The molecule has 0 fully saturated rings. The third-order valence-corrected chi connectivity index (χ3v) is 6.17. The van der Waals surface area contributed by atoms with Gasteiger partial charge in [-0.25, -0.2) is 14.8 Å². The third kappa shape index (κ3) is 3.80. The molecule has 0 bridgehead atoms. The minimum atomic E-state index is -4.73. The van der Waals surface area contributed by atoms with Gasteiger partial charge in [-0.05, 0) is 24.3 Å². The van der Waals surface area contributed by atoms with Crippen LogP contribution < -0.4 is 5.32 Å². The number of rotatable bonds is 4. The number of hydrogen-bond acceptors (Lipinski definition) is 8. The van der Waals surface area contributed by atoms with Gasteiger partial charge in [0.2, 0.25) is 0 Å². The number of fused-ring (bicyclic) bond motifs is 2. The van der Waals surface area contributed by atoms with Gasteiger partial charge in [-0.2, -0.15) is 13.2 Å². The number of benzene rings is 1. The Morgan fingerprint density at radius 1 is 1.21 bits per heavy atom. The topological polar surface area (TPSA) is 94.3 Å². The van der Waals surface area contributed by atoms with Crippen LogP contribution in [0.2, 0.25) is 5.02 Å². The Morgan fingerprint density at radius 2 is 2.00 bits per heavy atom. The average Bonchev–Trinajstić information content (AvgIpc) is 3.41. The van der Waals surface area contributed by atoms with Crippen LogP contribution in [-0.4, -0.2) is 37.6 Å². The van der Waals surface area contributed by atoms with Crippen LogP contribution in [-0.2, 0) is 10.9 Å². The van der Waals surface area contributed by atoms with Crippen molar-refractivity contribution in [1.29, 1.82) is 0 Å². The Labute approximate surface area is 198 Å². The maximum Gasteiger partial charge on any atom is 0.420 e. The lowest BCUT2D eigenvalue weighted by Crippen LogP contribution is -2.12. The number of thiazole rings is 1. The number of aromatic nitrogens is 5. The summed E-state index contributed by atoms with van der Waals surface area (Å²) in [5.41, 5.74) is -0.209. The number of halogens is 4. The van der Waals surface area contributed by atoms with Gasteiger partial charge in [0.1, 0.15) is 16.8 Å². The number of carbonyl (C=O) groups is 1. The first-order valence-electron chi connectivity index (χ1n) is 9.58. The second-order valence-electron chi connectivity index (χ2n) is 6.97. The van der Waals surface area contributed by atoms with Gasteiger partial charge >= 0.3 is 12.1 Å². The summed E-state index contributed by atoms with van der Waals surface area (Å²) < 4.78 is 48.7. The molecule has 8 nitrogen and oxygen atoms in total. The Kier molecular flexibility index (Phi) is 5.33. The van der Waals surface area contributed by atoms with Crippen LogP contribution in [0.25, 0.3) is 27.3 Å². The largest absolute Gasteiger partial charge is 0.465 e. The van der Waals surface area contributed by atoms with Crippen LogP contribution in [0.4, 0.5) is 24.1 Å². The fourth-order valence-corrected chi connectivity index (χ4v) is 4.44. The Bertz CT molecular complexity index is 1530. The highest BCUT2D eigenvalue weighted by molar-refractivity contribution is 7.22. The molecule has 5 aromatic rings. The van der Waals surface area contributed by atoms with Gasteiger partial charge in [0.05, 0.1) is 34.2 Å². The summed E-state index contributed by atoms with van der Waals surface area (Å²) in [5.74, 6) is -1.22. The van der Waals surface area contributed by atoms with Crippen molar-refractivity contribution in [2.24, 2.45) is 0 Å². The molecule has 1 aromatic carbocycles. The molecule has 13 heteroatoms. The Balaban J connectivity index is 1.60. The average molecular weight is 505 g/mol. The monoisotopic (exact) mass is 504 g/mol. The summed E-state index contributed by atoms with van der Waals surface area (Å²) in [5, 5.41) is 10.7. The van der Waals surface area contributed by atoms with E-state index < -0.39 is 23.5 Å². The molecule has 0 spiro atoms. The summed E-state index contributed by atoms with van der Waals surface area (Å²) in [6, 6.07) is 9.45. The van der Waals surface area contributed by atoms with Crippen LogP contribution in [0, 0.1) is 0 Å². The molecule has 1 N–H and O–H groups in total. The van der Waals surface area contributed by atoms with Crippen molar-refractivity contribution in [3.05, 3.63) is 64.9 Å². The predicted molar refractivity (Wildman–Crippen MR) is 120 cm³/mol. The number of esters is 1. The molecule has 0 saturated heterocycles. The number of para-hydroxylation sites is 1. The Morgan fingerprint density at radius 3 is 2.74 bits per heavy atom. The van der Waals surface area contributed by atoms with Crippen LogP contribution in [0.15, 0.2) is 48.8 Å². The molecular weight excluding hydrogens is 493 g/mol. The minimum absolute atomic E-state index is 0.0176. The second kappa shape index (κ2) is 8.22. The first-order chi connectivity index (χ1) is 16.3.